The molecule has 7 heteroatoms. The maximum absolute atomic E-state index is 12.4. The van der Waals surface area contributed by atoms with E-state index >= 15 is 0 Å². The monoisotopic (exact) mass is 341 g/mol. The molecule has 1 amide bonds. The molecule has 0 fully saturated rings. The van der Waals surface area contributed by atoms with Gasteiger partial charge in [-0.3, -0.25) is 4.79 Å². The Hall–Kier alpha value is -1.01. The van der Waals surface area contributed by atoms with Gasteiger partial charge in [0.25, 0.3) is 0 Å². The lowest BCUT2D eigenvalue weighted by atomic mass is 10.2. The van der Waals surface area contributed by atoms with Gasteiger partial charge in [0.2, 0.25) is 5.91 Å². The molecule has 0 aliphatic carbocycles. The number of rotatable bonds is 3. The molecule has 1 aromatic rings. The van der Waals surface area contributed by atoms with Gasteiger partial charge in [-0.1, -0.05) is 33.6 Å². The Morgan fingerprint density at radius 1 is 1.44 bits per heavy atom. The normalized spacial score (nSPS) is 11.8. The predicted molar refractivity (Wildman–Crippen MR) is 68.0 cm³/mol. The van der Waals surface area contributed by atoms with Crippen LogP contribution in [0.3, 0.4) is 0 Å². The fourth-order valence-electron chi connectivity index (χ4n) is 1.16. The minimum atomic E-state index is -4.50. The number of allylic oxidation sites excluding steroid dienone is 1. The first-order valence-electron chi connectivity index (χ1n) is 4.75. The van der Waals surface area contributed by atoms with E-state index in [-0.39, 0.29) is 5.69 Å². The van der Waals surface area contributed by atoms with Gasteiger partial charge in [-0.05, 0) is 18.2 Å². The van der Waals surface area contributed by atoms with E-state index in [0.717, 1.165) is 18.2 Å². The summed E-state index contributed by atoms with van der Waals surface area (Å²) in [5.41, 5.74) is -0.726. The molecule has 1 rings (SSSR count). The highest BCUT2D eigenvalue weighted by Crippen LogP contribution is 2.35. The highest BCUT2D eigenvalue weighted by molar-refractivity contribution is 9.09. The number of halogens is 5. The fourth-order valence-corrected chi connectivity index (χ4v) is 1.63. The van der Waals surface area contributed by atoms with E-state index < -0.39 is 22.7 Å². The Labute approximate surface area is 115 Å². The number of hydrogen-bond acceptors (Lipinski definition) is 1. The molecular formula is C11H8BrClF3NO. The second-order valence-corrected chi connectivity index (χ2v) is 4.29. The fraction of sp³-hybridized carbons (Fsp3) is 0.182. The van der Waals surface area contributed by atoms with Crippen molar-refractivity contribution in [3.8, 4) is 0 Å². The molecular weight excluding hydrogens is 334 g/mol. The van der Waals surface area contributed by atoms with Crippen LogP contribution in [-0.2, 0) is 11.0 Å². The van der Waals surface area contributed by atoms with Crippen molar-refractivity contribution in [2.75, 3.05) is 10.6 Å². The van der Waals surface area contributed by atoms with Crippen LogP contribution in [0.5, 0.6) is 0 Å². The van der Waals surface area contributed by atoms with Crippen molar-refractivity contribution in [1.29, 1.82) is 0 Å². The third-order valence-corrected chi connectivity index (χ3v) is 2.59. The quantitative estimate of drug-likeness (QED) is 0.646. The third-order valence-electron chi connectivity index (χ3n) is 1.90. The summed E-state index contributed by atoms with van der Waals surface area (Å²) in [4.78, 5) is 11.3. The van der Waals surface area contributed by atoms with E-state index in [0.29, 0.717) is 5.33 Å². The zero-order valence-corrected chi connectivity index (χ0v) is 11.2. The number of amides is 1. The second kappa shape index (κ2) is 6.24. The van der Waals surface area contributed by atoms with Crippen LogP contribution in [0.1, 0.15) is 5.56 Å². The summed E-state index contributed by atoms with van der Waals surface area (Å²) < 4.78 is 37.3. The van der Waals surface area contributed by atoms with E-state index in [1.807, 2.05) is 0 Å². The van der Waals surface area contributed by atoms with Gasteiger partial charge in [0.05, 0.1) is 10.6 Å². The predicted octanol–water partition coefficient (Wildman–Crippen LogP) is 4.25. The lowest BCUT2D eigenvalue weighted by Crippen LogP contribution is -2.10. The first-order valence-corrected chi connectivity index (χ1v) is 6.25. The Balaban J connectivity index is 2.86. The number of carbonyl (C=O) groups is 1. The summed E-state index contributed by atoms with van der Waals surface area (Å²) in [7, 11) is 0. The van der Waals surface area contributed by atoms with Crippen molar-refractivity contribution in [2.24, 2.45) is 0 Å². The molecule has 1 aromatic carbocycles. The van der Waals surface area contributed by atoms with Crippen LogP contribution in [-0.4, -0.2) is 11.2 Å². The van der Waals surface area contributed by atoms with Gasteiger partial charge in [-0.2, -0.15) is 13.2 Å². The summed E-state index contributed by atoms with van der Waals surface area (Å²) in [6.45, 7) is 0. The number of nitrogens with one attached hydrogen (secondary N) is 1. The zero-order valence-electron chi connectivity index (χ0n) is 8.89. The zero-order chi connectivity index (χ0) is 13.8. The molecule has 0 radical (unpaired) electrons. The van der Waals surface area contributed by atoms with Gasteiger partial charge in [-0.15, -0.1) is 0 Å². The molecule has 0 aromatic heterocycles. The van der Waals surface area contributed by atoms with Crippen LogP contribution in [0.15, 0.2) is 30.4 Å². The number of benzene rings is 1. The maximum Gasteiger partial charge on any atom is 0.417 e. The highest BCUT2D eigenvalue weighted by Gasteiger charge is 2.33. The molecule has 0 heterocycles. The Kier molecular flexibility index (Phi) is 5.22. The molecule has 2 nitrogen and oxygen atoms in total. The van der Waals surface area contributed by atoms with Crippen LogP contribution in [0.25, 0.3) is 0 Å². The molecule has 0 saturated carbocycles. The Morgan fingerprint density at radius 3 is 2.61 bits per heavy atom. The lowest BCUT2D eigenvalue weighted by Gasteiger charge is -2.10. The van der Waals surface area contributed by atoms with Crippen molar-refractivity contribution < 1.29 is 18.0 Å². The van der Waals surface area contributed by atoms with Crippen molar-refractivity contribution in [3.63, 3.8) is 0 Å². The third kappa shape index (κ3) is 4.34. The standard InChI is InChI=1S/C11H8BrClF3NO/c12-5-1-2-10(18)17-7-3-4-8(9(13)6-7)11(14,15)16/h1-4,6H,5H2,(H,17,18)/b2-1+. The van der Waals surface area contributed by atoms with Crippen LogP contribution in [0, 0.1) is 0 Å². The number of alkyl halides is 4. The van der Waals surface area contributed by atoms with Crippen molar-refractivity contribution in [1.82, 2.24) is 0 Å². The van der Waals surface area contributed by atoms with Gasteiger partial charge in [-0.25, -0.2) is 0 Å². The molecule has 0 bridgehead atoms. The molecule has 0 saturated heterocycles. The average Bonchev–Trinajstić information content (AvgIpc) is 2.24. The van der Waals surface area contributed by atoms with Crippen molar-refractivity contribution >= 4 is 39.1 Å². The van der Waals surface area contributed by atoms with Gasteiger partial charge < -0.3 is 5.32 Å². The van der Waals surface area contributed by atoms with E-state index in [2.05, 4.69) is 21.2 Å². The van der Waals surface area contributed by atoms with Gasteiger partial charge >= 0.3 is 6.18 Å². The van der Waals surface area contributed by atoms with Crippen molar-refractivity contribution in [3.05, 3.63) is 40.9 Å². The van der Waals surface area contributed by atoms with E-state index in [1.54, 1.807) is 6.08 Å². The summed E-state index contributed by atoms with van der Waals surface area (Å²) in [6, 6.07) is 3.03. The largest absolute Gasteiger partial charge is 0.417 e. The van der Waals surface area contributed by atoms with Crippen molar-refractivity contribution in [2.45, 2.75) is 6.18 Å². The summed E-state index contributed by atoms with van der Waals surface area (Å²) in [6.07, 6.45) is -1.68. The molecule has 0 atom stereocenters. The second-order valence-electron chi connectivity index (χ2n) is 3.24. The Morgan fingerprint density at radius 2 is 2.11 bits per heavy atom. The molecule has 18 heavy (non-hydrogen) atoms. The minimum absolute atomic E-state index is 0.206. The van der Waals surface area contributed by atoms with Crippen LogP contribution < -0.4 is 5.32 Å². The van der Waals surface area contributed by atoms with Crippen LogP contribution in [0.2, 0.25) is 5.02 Å². The Bertz CT molecular complexity index is 474. The summed E-state index contributed by atoms with van der Waals surface area (Å²) >= 11 is 8.60. The van der Waals surface area contributed by atoms with Gasteiger partial charge in [0.1, 0.15) is 0 Å². The van der Waals surface area contributed by atoms with Gasteiger partial charge in [0, 0.05) is 17.1 Å². The topological polar surface area (TPSA) is 29.1 Å². The average molecular weight is 343 g/mol. The van der Waals surface area contributed by atoms with E-state index in [9.17, 15) is 18.0 Å². The molecule has 0 unspecified atom stereocenters. The lowest BCUT2D eigenvalue weighted by molar-refractivity contribution is -0.137. The number of anilines is 1. The highest BCUT2D eigenvalue weighted by atomic mass is 79.9. The minimum Gasteiger partial charge on any atom is -0.322 e. The van der Waals surface area contributed by atoms with Crippen LogP contribution in [0.4, 0.5) is 18.9 Å². The smallest absolute Gasteiger partial charge is 0.322 e. The maximum atomic E-state index is 12.4. The molecule has 98 valence electrons. The van der Waals surface area contributed by atoms with Crippen LogP contribution >= 0.6 is 27.5 Å². The van der Waals surface area contributed by atoms with E-state index in [1.165, 1.54) is 6.08 Å². The molecule has 0 aliphatic heterocycles. The first-order chi connectivity index (χ1) is 8.34. The van der Waals surface area contributed by atoms with E-state index in [4.69, 9.17) is 11.6 Å². The summed E-state index contributed by atoms with van der Waals surface area (Å²) in [5.74, 6) is -0.440. The van der Waals surface area contributed by atoms with Gasteiger partial charge in [0.15, 0.2) is 0 Å². The number of carbonyl (C=O) groups excluding carboxylic acids is 1. The SMILES string of the molecule is O=C(/C=C/CBr)Nc1ccc(C(F)(F)F)c(Cl)c1. The molecule has 0 aliphatic rings. The molecule has 0 spiro atoms. The first kappa shape index (κ1) is 15.0. The summed E-state index contributed by atoms with van der Waals surface area (Å²) in [5, 5.41) is 2.45. The number of hydrogen-bond donors (Lipinski definition) is 1. The molecule has 1 N–H and O–H groups in total.